The normalized spacial score (nSPS) is 12.0. The van der Waals surface area contributed by atoms with Gasteiger partial charge in [-0.3, -0.25) is 14.4 Å². The average molecular weight is 443 g/mol. The van der Waals surface area contributed by atoms with Crippen molar-refractivity contribution in [3.8, 4) is 0 Å². The van der Waals surface area contributed by atoms with E-state index in [0.717, 1.165) is 32.1 Å². The predicted molar refractivity (Wildman–Crippen MR) is 124 cm³/mol. The molecule has 7 nitrogen and oxygen atoms in total. The van der Waals surface area contributed by atoms with Crippen LogP contribution in [0.4, 0.5) is 0 Å². The Morgan fingerprint density at radius 2 is 1.45 bits per heavy atom. The van der Waals surface area contributed by atoms with Crippen LogP contribution in [0.15, 0.2) is 0 Å². The molecule has 0 saturated heterocycles. The Bertz CT molecular complexity index is 471. The summed E-state index contributed by atoms with van der Waals surface area (Å²) in [5, 5.41) is 2.77. The molecule has 0 aliphatic carbocycles. The van der Waals surface area contributed by atoms with Gasteiger partial charge in [0, 0.05) is 26.0 Å². The first-order valence-corrected chi connectivity index (χ1v) is 12.2. The molecule has 0 aliphatic rings. The molecule has 1 unspecified atom stereocenters. The van der Waals surface area contributed by atoms with Crippen LogP contribution in [0.5, 0.6) is 0 Å². The molecule has 0 aromatic heterocycles. The summed E-state index contributed by atoms with van der Waals surface area (Å²) in [6.45, 7) is 5.58. The Labute approximate surface area is 189 Å². The van der Waals surface area contributed by atoms with E-state index in [1.54, 1.807) is 0 Å². The van der Waals surface area contributed by atoms with Gasteiger partial charge in [0.15, 0.2) is 0 Å². The van der Waals surface area contributed by atoms with Gasteiger partial charge in [-0.05, 0) is 39.0 Å². The number of nitrogens with two attached hydrogens (primary N) is 1. The monoisotopic (exact) mass is 442 g/mol. The van der Waals surface area contributed by atoms with Gasteiger partial charge < -0.3 is 20.5 Å². The highest BCUT2D eigenvalue weighted by Gasteiger charge is 2.07. The molecule has 0 aliphatic heterocycles. The molecule has 0 radical (unpaired) electrons. The second-order valence-corrected chi connectivity index (χ2v) is 8.24. The van der Waals surface area contributed by atoms with E-state index < -0.39 is 6.04 Å². The van der Waals surface area contributed by atoms with Gasteiger partial charge in [0.25, 0.3) is 0 Å². The SMILES string of the molecule is CCCCCCCCCC(=O)CCCOCCOCC(=O)NCCCCC(N)C(C)=O. The lowest BCUT2D eigenvalue weighted by Gasteiger charge is -2.09. The maximum Gasteiger partial charge on any atom is 0.245 e. The number of nitrogens with one attached hydrogen (secondary N) is 1. The molecule has 182 valence electrons. The lowest BCUT2D eigenvalue weighted by molar-refractivity contribution is -0.126. The van der Waals surface area contributed by atoms with Crippen LogP contribution < -0.4 is 11.1 Å². The van der Waals surface area contributed by atoms with Crippen LogP contribution in [-0.4, -0.2) is 56.5 Å². The van der Waals surface area contributed by atoms with E-state index in [4.69, 9.17) is 15.2 Å². The first-order valence-electron chi connectivity index (χ1n) is 12.2. The summed E-state index contributed by atoms with van der Waals surface area (Å²) in [6, 6.07) is -0.401. The molecule has 0 heterocycles. The highest BCUT2D eigenvalue weighted by Crippen LogP contribution is 2.09. The van der Waals surface area contributed by atoms with Crippen LogP contribution in [-0.2, 0) is 23.9 Å². The van der Waals surface area contributed by atoms with Gasteiger partial charge in [-0.15, -0.1) is 0 Å². The number of carbonyl (C=O) groups excluding carboxylic acids is 3. The second kappa shape index (κ2) is 21.9. The zero-order chi connectivity index (χ0) is 23.2. The number of ether oxygens (including phenoxy) is 2. The topological polar surface area (TPSA) is 108 Å². The molecule has 0 aromatic rings. The van der Waals surface area contributed by atoms with E-state index in [-0.39, 0.29) is 18.3 Å². The van der Waals surface area contributed by atoms with E-state index in [1.165, 1.54) is 39.0 Å². The number of unbranched alkanes of at least 4 members (excludes halogenated alkanes) is 7. The third-order valence-corrected chi connectivity index (χ3v) is 5.19. The van der Waals surface area contributed by atoms with Crippen molar-refractivity contribution in [2.75, 3.05) is 33.0 Å². The number of amides is 1. The zero-order valence-electron chi connectivity index (χ0n) is 19.9. The average Bonchev–Trinajstić information content (AvgIpc) is 2.74. The molecular weight excluding hydrogens is 396 g/mol. The number of Topliss-reactive ketones (excluding diaryl/α,β-unsaturated/α-hetero) is 2. The fourth-order valence-electron chi connectivity index (χ4n) is 3.13. The van der Waals surface area contributed by atoms with Crippen molar-refractivity contribution >= 4 is 17.5 Å². The van der Waals surface area contributed by atoms with Crippen molar-refractivity contribution in [2.24, 2.45) is 5.73 Å². The Morgan fingerprint density at radius 3 is 2.16 bits per heavy atom. The lowest BCUT2D eigenvalue weighted by Crippen LogP contribution is -2.30. The van der Waals surface area contributed by atoms with E-state index in [9.17, 15) is 14.4 Å². The highest BCUT2D eigenvalue weighted by molar-refractivity contribution is 5.81. The van der Waals surface area contributed by atoms with Crippen LogP contribution >= 0.6 is 0 Å². The molecule has 0 aromatic carbocycles. The Hall–Kier alpha value is -1.31. The van der Waals surface area contributed by atoms with Crippen molar-refractivity contribution in [1.29, 1.82) is 0 Å². The van der Waals surface area contributed by atoms with E-state index in [1.807, 2.05) is 0 Å². The largest absolute Gasteiger partial charge is 0.379 e. The summed E-state index contributed by atoms with van der Waals surface area (Å²) in [5.74, 6) is 0.162. The molecule has 0 spiro atoms. The van der Waals surface area contributed by atoms with Gasteiger partial charge in [-0.25, -0.2) is 0 Å². The molecule has 0 bridgehead atoms. The maximum atomic E-state index is 11.8. The van der Waals surface area contributed by atoms with Crippen LogP contribution in [0, 0.1) is 0 Å². The summed E-state index contributed by atoms with van der Waals surface area (Å²) in [5.41, 5.74) is 5.65. The molecule has 0 fully saturated rings. The third-order valence-electron chi connectivity index (χ3n) is 5.19. The fourth-order valence-corrected chi connectivity index (χ4v) is 3.13. The van der Waals surface area contributed by atoms with Crippen LogP contribution in [0.25, 0.3) is 0 Å². The maximum absolute atomic E-state index is 11.8. The van der Waals surface area contributed by atoms with Gasteiger partial charge in [-0.2, -0.15) is 0 Å². The first-order chi connectivity index (χ1) is 15.0. The predicted octanol–water partition coefficient (Wildman–Crippen LogP) is 3.71. The van der Waals surface area contributed by atoms with E-state index in [2.05, 4.69) is 12.2 Å². The molecule has 0 saturated carbocycles. The Kier molecular flexibility index (Phi) is 21.0. The Balaban J connectivity index is 3.33. The zero-order valence-corrected chi connectivity index (χ0v) is 19.9. The number of hydrogen-bond donors (Lipinski definition) is 2. The molecule has 0 rings (SSSR count). The van der Waals surface area contributed by atoms with Crippen molar-refractivity contribution in [2.45, 2.75) is 103 Å². The van der Waals surface area contributed by atoms with Crippen LogP contribution in [0.3, 0.4) is 0 Å². The van der Waals surface area contributed by atoms with Gasteiger partial charge in [0.05, 0.1) is 19.3 Å². The second-order valence-electron chi connectivity index (χ2n) is 8.24. The highest BCUT2D eigenvalue weighted by atomic mass is 16.5. The summed E-state index contributed by atoms with van der Waals surface area (Å²) < 4.78 is 10.7. The van der Waals surface area contributed by atoms with Crippen molar-refractivity contribution in [3.05, 3.63) is 0 Å². The minimum atomic E-state index is -0.401. The molecule has 1 amide bonds. The number of ketones is 2. The smallest absolute Gasteiger partial charge is 0.245 e. The summed E-state index contributed by atoms with van der Waals surface area (Å²) in [7, 11) is 0. The van der Waals surface area contributed by atoms with Gasteiger partial charge in [0.2, 0.25) is 5.91 Å². The standard InChI is InChI=1S/C24H46N2O5/c1-3-4-5-6-7-8-9-13-22(28)14-12-17-30-18-19-31-20-24(29)26-16-11-10-15-23(25)21(2)27/h23H,3-20,25H2,1-2H3,(H,26,29). The van der Waals surface area contributed by atoms with Crippen LogP contribution in [0.2, 0.25) is 0 Å². The van der Waals surface area contributed by atoms with Crippen molar-refractivity contribution < 1.29 is 23.9 Å². The number of hydrogen-bond acceptors (Lipinski definition) is 6. The quantitative estimate of drug-likeness (QED) is 0.234. The number of rotatable bonds is 23. The van der Waals surface area contributed by atoms with Gasteiger partial charge in [-0.1, -0.05) is 45.4 Å². The lowest BCUT2D eigenvalue weighted by atomic mass is 10.1. The number of carbonyl (C=O) groups is 3. The van der Waals surface area contributed by atoms with Gasteiger partial charge >= 0.3 is 0 Å². The molecule has 7 heteroatoms. The van der Waals surface area contributed by atoms with E-state index >= 15 is 0 Å². The van der Waals surface area contributed by atoms with Crippen LogP contribution in [0.1, 0.15) is 97.3 Å². The third kappa shape index (κ3) is 21.7. The molecule has 3 N–H and O–H groups in total. The minimum absolute atomic E-state index is 0.00486. The van der Waals surface area contributed by atoms with Crippen molar-refractivity contribution in [3.63, 3.8) is 0 Å². The Morgan fingerprint density at radius 1 is 0.806 bits per heavy atom. The summed E-state index contributed by atoms with van der Waals surface area (Å²) in [4.78, 5) is 34.5. The first kappa shape index (κ1) is 29.7. The van der Waals surface area contributed by atoms with E-state index in [0.29, 0.717) is 51.4 Å². The molecule has 31 heavy (non-hydrogen) atoms. The van der Waals surface area contributed by atoms with Crippen molar-refractivity contribution in [1.82, 2.24) is 5.32 Å². The van der Waals surface area contributed by atoms with Gasteiger partial charge in [0.1, 0.15) is 18.2 Å². The minimum Gasteiger partial charge on any atom is -0.379 e. The summed E-state index contributed by atoms with van der Waals surface area (Å²) >= 11 is 0. The molecular formula is C24H46N2O5. The summed E-state index contributed by atoms with van der Waals surface area (Å²) in [6.07, 6.45) is 12.8. The fraction of sp³-hybridized carbons (Fsp3) is 0.875. The molecule has 1 atom stereocenters.